The van der Waals surface area contributed by atoms with Crippen LogP contribution in [0.25, 0.3) is 15.7 Å². The zero-order chi connectivity index (χ0) is 24.5. The molecule has 172 valence electrons. The lowest BCUT2D eigenvalue weighted by molar-refractivity contribution is 0.251. The molecule has 9 heteroatoms. The SMILES string of the molecule is CC(COS(=O)(=O)c1cccc2c(O)c([N+]#N)ccc12)(c1ccccc1O)c1ccccc1O. The van der Waals surface area contributed by atoms with Gasteiger partial charge in [-0.2, -0.15) is 8.42 Å². The fourth-order valence-electron chi connectivity index (χ4n) is 4.04. The van der Waals surface area contributed by atoms with Gasteiger partial charge in [-0.15, -0.1) is 0 Å². The molecule has 0 radical (unpaired) electrons. The zero-order valence-electron chi connectivity index (χ0n) is 18.1. The Morgan fingerprint density at radius 3 is 1.97 bits per heavy atom. The summed E-state index contributed by atoms with van der Waals surface area (Å²) in [6, 6.07) is 19.8. The zero-order valence-corrected chi connectivity index (χ0v) is 18.9. The molecule has 0 unspecified atom stereocenters. The van der Waals surface area contributed by atoms with Crippen LogP contribution in [0.3, 0.4) is 0 Å². The third-order valence-corrected chi connectivity index (χ3v) is 7.17. The van der Waals surface area contributed by atoms with Gasteiger partial charge in [-0.3, -0.25) is 4.18 Å². The molecule has 4 rings (SSSR count). The number of phenolic OH excluding ortho intramolecular Hbond substituents is 3. The van der Waals surface area contributed by atoms with Crippen molar-refractivity contribution in [2.45, 2.75) is 17.2 Å². The molecule has 0 saturated heterocycles. The summed E-state index contributed by atoms with van der Waals surface area (Å²) >= 11 is 0. The summed E-state index contributed by atoms with van der Waals surface area (Å²) < 4.78 is 32.1. The summed E-state index contributed by atoms with van der Waals surface area (Å²) in [6.07, 6.45) is 0. The molecule has 0 aliphatic rings. The second-order valence-corrected chi connectivity index (χ2v) is 9.55. The Hall–Kier alpha value is -4.13. The van der Waals surface area contributed by atoms with E-state index in [0.717, 1.165) is 0 Å². The molecule has 0 bridgehead atoms. The van der Waals surface area contributed by atoms with Gasteiger partial charge in [0.2, 0.25) is 11.1 Å². The average molecular weight is 478 g/mol. The third kappa shape index (κ3) is 3.90. The molecule has 34 heavy (non-hydrogen) atoms. The summed E-state index contributed by atoms with van der Waals surface area (Å²) in [7, 11) is -4.37. The largest absolute Gasteiger partial charge is 0.508 e. The van der Waals surface area contributed by atoms with Crippen molar-refractivity contribution in [2.24, 2.45) is 0 Å². The molecule has 0 spiro atoms. The van der Waals surface area contributed by atoms with Crippen molar-refractivity contribution in [3.63, 3.8) is 0 Å². The van der Waals surface area contributed by atoms with E-state index in [-0.39, 0.29) is 38.6 Å². The van der Waals surface area contributed by atoms with Gasteiger partial charge in [0.05, 0.1) is 6.61 Å². The maximum Gasteiger partial charge on any atom is 0.426 e. The van der Waals surface area contributed by atoms with E-state index in [2.05, 4.69) is 4.98 Å². The van der Waals surface area contributed by atoms with E-state index in [9.17, 15) is 23.7 Å². The Labute approximate surface area is 196 Å². The smallest absolute Gasteiger partial charge is 0.426 e. The molecule has 4 aromatic rings. The molecular formula is C25H21N2O6S+. The Morgan fingerprint density at radius 1 is 0.824 bits per heavy atom. The minimum absolute atomic E-state index is 0.0791. The highest BCUT2D eigenvalue weighted by atomic mass is 32.2. The first-order valence-corrected chi connectivity index (χ1v) is 11.7. The number of hydrogen-bond donors (Lipinski definition) is 3. The fourth-order valence-corrected chi connectivity index (χ4v) is 5.25. The van der Waals surface area contributed by atoms with Crippen molar-refractivity contribution in [3.8, 4) is 17.2 Å². The van der Waals surface area contributed by atoms with Gasteiger partial charge in [0.15, 0.2) is 4.98 Å². The van der Waals surface area contributed by atoms with E-state index in [4.69, 9.17) is 9.58 Å². The minimum Gasteiger partial charge on any atom is -0.508 e. The van der Waals surface area contributed by atoms with Crippen molar-refractivity contribution in [2.75, 3.05) is 6.61 Å². The lowest BCUT2D eigenvalue weighted by atomic mass is 9.76. The highest BCUT2D eigenvalue weighted by Crippen LogP contribution is 2.42. The number of para-hydroxylation sites is 2. The molecule has 0 saturated carbocycles. The highest BCUT2D eigenvalue weighted by Gasteiger charge is 2.36. The first-order chi connectivity index (χ1) is 16.2. The van der Waals surface area contributed by atoms with E-state index < -0.39 is 22.1 Å². The maximum absolute atomic E-state index is 13.3. The van der Waals surface area contributed by atoms with Crippen molar-refractivity contribution >= 4 is 26.6 Å². The first kappa shape index (κ1) is 23.0. The predicted molar refractivity (Wildman–Crippen MR) is 126 cm³/mol. The molecule has 8 nitrogen and oxygen atoms in total. The van der Waals surface area contributed by atoms with Gasteiger partial charge in [0, 0.05) is 33.4 Å². The number of rotatable bonds is 6. The van der Waals surface area contributed by atoms with E-state index >= 15 is 0 Å². The molecule has 0 amide bonds. The van der Waals surface area contributed by atoms with Gasteiger partial charge in [0.25, 0.3) is 10.1 Å². The predicted octanol–water partition coefficient (Wildman–Crippen LogP) is 5.15. The van der Waals surface area contributed by atoms with Crippen LogP contribution in [0.5, 0.6) is 17.2 Å². The topological polar surface area (TPSA) is 132 Å². The number of fused-ring (bicyclic) bond motifs is 1. The molecule has 0 aromatic heterocycles. The van der Waals surface area contributed by atoms with Crippen molar-refractivity contribution in [1.82, 2.24) is 0 Å². The van der Waals surface area contributed by atoms with Crippen LogP contribution >= 0.6 is 0 Å². The minimum atomic E-state index is -4.37. The first-order valence-electron chi connectivity index (χ1n) is 10.3. The second kappa shape index (κ2) is 8.67. The van der Waals surface area contributed by atoms with Gasteiger partial charge >= 0.3 is 5.69 Å². The van der Waals surface area contributed by atoms with Gasteiger partial charge in [-0.25, -0.2) is 0 Å². The molecular weight excluding hydrogens is 456 g/mol. The standard InChI is InChI=1S/C25H20N2O6S/c1-25(18-8-2-4-10-21(18)28,19-9-3-5-11-22(19)29)15-33-34(31,32)23-12-6-7-17-16(23)13-14-20(27-26)24(17)30/h2-14H,15H2,1H3,(H2-,28,29,30)/p+1. The number of benzene rings is 4. The lowest BCUT2D eigenvalue weighted by Gasteiger charge is -2.31. The number of nitrogens with zero attached hydrogens (tertiary/aromatic N) is 2. The second-order valence-electron chi connectivity index (χ2n) is 7.97. The summed E-state index contributed by atoms with van der Waals surface area (Å²) in [5.41, 5.74) is -0.595. The van der Waals surface area contributed by atoms with Gasteiger partial charge in [0.1, 0.15) is 16.4 Å². The van der Waals surface area contributed by atoms with Crippen LogP contribution < -0.4 is 0 Å². The van der Waals surface area contributed by atoms with Crippen molar-refractivity contribution in [1.29, 1.82) is 5.39 Å². The highest BCUT2D eigenvalue weighted by molar-refractivity contribution is 7.87. The molecule has 0 fully saturated rings. The van der Waals surface area contributed by atoms with E-state index in [1.165, 1.54) is 42.5 Å². The number of hydrogen-bond acceptors (Lipinski definition) is 7. The van der Waals surface area contributed by atoms with E-state index in [0.29, 0.717) is 11.1 Å². The van der Waals surface area contributed by atoms with Crippen LogP contribution in [-0.4, -0.2) is 30.3 Å². The fraction of sp³-hybridized carbons (Fsp3) is 0.120. The van der Waals surface area contributed by atoms with Gasteiger partial charge in [-0.05, 0) is 31.2 Å². The van der Waals surface area contributed by atoms with Gasteiger partial charge in [-0.1, -0.05) is 48.5 Å². The molecule has 0 atom stereocenters. The number of aromatic hydroxyl groups is 3. The monoisotopic (exact) mass is 477 g/mol. The third-order valence-electron chi connectivity index (χ3n) is 5.85. The van der Waals surface area contributed by atoms with Crippen LogP contribution in [0.2, 0.25) is 0 Å². The normalized spacial score (nSPS) is 11.9. The Morgan fingerprint density at radius 2 is 1.41 bits per heavy atom. The van der Waals surface area contributed by atoms with Crippen LogP contribution in [0.1, 0.15) is 18.1 Å². The van der Waals surface area contributed by atoms with Crippen LogP contribution in [-0.2, 0) is 19.7 Å². The molecule has 3 N–H and O–H groups in total. The Balaban J connectivity index is 1.80. The average Bonchev–Trinajstić information content (AvgIpc) is 2.83. The van der Waals surface area contributed by atoms with Crippen LogP contribution in [0, 0.1) is 5.39 Å². The molecule has 4 aromatic carbocycles. The van der Waals surface area contributed by atoms with Crippen molar-refractivity contribution in [3.05, 3.63) is 95.0 Å². The van der Waals surface area contributed by atoms with E-state index in [1.807, 2.05) is 0 Å². The van der Waals surface area contributed by atoms with E-state index in [1.54, 1.807) is 43.3 Å². The Bertz CT molecular complexity index is 1500. The maximum atomic E-state index is 13.3. The number of phenols is 3. The molecule has 0 aliphatic heterocycles. The van der Waals surface area contributed by atoms with Gasteiger partial charge < -0.3 is 15.3 Å². The summed E-state index contributed by atoms with van der Waals surface area (Å²) in [6.45, 7) is 1.23. The summed E-state index contributed by atoms with van der Waals surface area (Å²) in [4.78, 5) is 2.79. The molecule has 0 aliphatic carbocycles. The summed E-state index contributed by atoms with van der Waals surface area (Å²) in [5, 5.41) is 40.7. The number of diazo groups is 1. The summed E-state index contributed by atoms with van der Waals surface area (Å²) in [5.74, 6) is -0.528. The van der Waals surface area contributed by atoms with Crippen LogP contribution in [0.15, 0.2) is 83.8 Å². The van der Waals surface area contributed by atoms with Crippen molar-refractivity contribution < 1.29 is 27.9 Å². The lowest BCUT2D eigenvalue weighted by Crippen LogP contribution is -2.31. The van der Waals surface area contributed by atoms with Crippen LogP contribution in [0.4, 0.5) is 5.69 Å². The molecule has 0 heterocycles. The Kier molecular flexibility index (Phi) is 5.87. The quantitative estimate of drug-likeness (QED) is 0.258.